The number of amides is 1. The Morgan fingerprint density at radius 2 is 2.15 bits per heavy atom. The van der Waals surface area contributed by atoms with Gasteiger partial charge in [-0.1, -0.05) is 6.08 Å². The largest absolute Gasteiger partial charge is 0.341 e. The van der Waals surface area contributed by atoms with Gasteiger partial charge in [0.05, 0.1) is 11.9 Å². The lowest BCUT2D eigenvalue weighted by Crippen LogP contribution is -2.39. The third-order valence-corrected chi connectivity index (χ3v) is 4.71. The van der Waals surface area contributed by atoms with E-state index in [9.17, 15) is 4.79 Å². The van der Waals surface area contributed by atoms with Crippen LogP contribution >= 0.6 is 0 Å². The molecule has 2 aromatic heterocycles. The van der Waals surface area contributed by atoms with E-state index in [0.717, 1.165) is 61.8 Å². The maximum Gasteiger partial charge on any atom is 0.246 e. The highest BCUT2D eigenvalue weighted by Gasteiger charge is 2.23. The van der Waals surface area contributed by atoms with Gasteiger partial charge in [-0.3, -0.25) is 9.78 Å². The topological polar surface area (TPSA) is 78.0 Å². The van der Waals surface area contributed by atoms with E-state index in [2.05, 4.69) is 19.9 Å². The molecule has 3 rings (SSSR count). The molecule has 0 radical (unpaired) electrons. The van der Waals surface area contributed by atoms with Crippen LogP contribution in [0.15, 0.2) is 30.7 Å². The number of nitrogens with zero attached hydrogens (tertiary/aromatic N) is 5. The fourth-order valence-electron chi connectivity index (χ4n) is 3.32. The van der Waals surface area contributed by atoms with Gasteiger partial charge in [0.25, 0.3) is 0 Å². The van der Waals surface area contributed by atoms with Crippen molar-refractivity contribution >= 4 is 5.91 Å². The zero-order chi connectivity index (χ0) is 19.2. The summed E-state index contributed by atoms with van der Waals surface area (Å²) in [5.41, 5.74) is 2.71. The van der Waals surface area contributed by atoms with Crippen LogP contribution in [0.25, 0.3) is 11.5 Å². The monoisotopic (exact) mass is 368 g/mol. The van der Waals surface area contributed by atoms with Gasteiger partial charge in [0, 0.05) is 43.8 Å². The molecule has 2 aromatic rings. The summed E-state index contributed by atoms with van der Waals surface area (Å²) in [6.45, 7) is 4.36. The summed E-state index contributed by atoms with van der Waals surface area (Å²) in [7, 11) is 3.98. The summed E-state index contributed by atoms with van der Waals surface area (Å²) in [5, 5.41) is 0. The van der Waals surface area contributed by atoms with Gasteiger partial charge in [0.15, 0.2) is 5.82 Å². The molecule has 1 unspecified atom stereocenters. The van der Waals surface area contributed by atoms with Crippen LogP contribution < -0.4 is 0 Å². The van der Waals surface area contributed by atoms with Crippen LogP contribution in [0.5, 0.6) is 0 Å². The van der Waals surface area contributed by atoms with Gasteiger partial charge >= 0.3 is 0 Å². The Labute approximate surface area is 160 Å². The minimum absolute atomic E-state index is 0.108. The summed E-state index contributed by atoms with van der Waals surface area (Å²) in [6.07, 6.45) is 12.0. The number of aromatic nitrogens is 4. The fraction of sp³-hybridized carbons (Fsp3) is 0.500. The molecule has 0 aliphatic carbocycles. The highest BCUT2D eigenvalue weighted by Crippen LogP contribution is 2.21. The smallest absolute Gasteiger partial charge is 0.246 e. The van der Waals surface area contributed by atoms with Crippen LogP contribution in [0.3, 0.4) is 0 Å². The molecule has 0 spiro atoms. The lowest BCUT2D eigenvalue weighted by Gasteiger charge is -2.32. The number of H-pyrrole nitrogens is 1. The van der Waals surface area contributed by atoms with E-state index in [1.807, 2.05) is 43.1 Å². The summed E-state index contributed by atoms with van der Waals surface area (Å²) < 4.78 is 0. The van der Waals surface area contributed by atoms with Gasteiger partial charge in [-0.05, 0) is 46.2 Å². The van der Waals surface area contributed by atoms with Crippen molar-refractivity contribution in [3.63, 3.8) is 0 Å². The number of carbonyl (C=O) groups is 1. The van der Waals surface area contributed by atoms with Crippen molar-refractivity contribution in [3.8, 4) is 11.5 Å². The Bertz CT molecular complexity index is 780. The van der Waals surface area contributed by atoms with Crippen LogP contribution in [0.4, 0.5) is 0 Å². The standard InChI is InChI=1S/C20H28N6O/c1-15-11-23-20(24-15)18-13-21-17(12-22-18)10-16-6-4-9-26(14-16)19(27)7-5-8-25(2)3/h5,7,11-13,16H,4,6,8-10,14H2,1-3H3,(H,23,24)/b7-5+. The first-order chi connectivity index (χ1) is 13.0. The molecule has 1 aliphatic rings. The number of nitrogens with one attached hydrogen (secondary N) is 1. The molecule has 1 N–H and O–H groups in total. The summed E-state index contributed by atoms with van der Waals surface area (Å²) in [4.78, 5) is 32.8. The maximum absolute atomic E-state index is 12.4. The average Bonchev–Trinajstić information content (AvgIpc) is 3.08. The number of aryl methyl sites for hydroxylation is 1. The Morgan fingerprint density at radius 1 is 1.30 bits per heavy atom. The Morgan fingerprint density at radius 3 is 2.81 bits per heavy atom. The minimum Gasteiger partial charge on any atom is -0.341 e. The molecule has 1 amide bonds. The minimum atomic E-state index is 0.108. The number of rotatable bonds is 6. The van der Waals surface area contributed by atoms with E-state index >= 15 is 0 Å². The molecule has 0 saturated carbocycles. The molecule has 1 aliphatic heterocycles. The van der Waals surface area contributed by atoms with Crippen LogP contribution in [-0.2, 0) is 11.2 Å². The fourth-order valence-corrected chi connectivity index (χ4v) is 3.32. The van der Waals surface area contributed by atoms with Crippen molar-refractivity contribution in [1.29, 1.82) is 0 Å². The Hall–Kier alpha value is -2.54. The number of aromatic amines is 1. The zero-order valence-corrected chi connectivity index (χ0v) is 16.4. The first kappa shape index (κ1) is 19.2. The van der Waals surface area contributed by atoms with Crippen molar-refractivity contribution in [3.05, 3.63) is 42.1 Å². The van der Waals surface area contributed by atoms with Gasteiger partial charge in [0.2, 0.25) is 5.91 Å². The molecule has 1 atom stereocenters. The Balaban J connectivity index is 1.55. The second kappa shape index (κ2) is 8.90. The van der Waals surface area contributed by atoms with Gasteiger partial charge < -0.3 is 14.8 Å². The Kier molecular flexibility index (Phi) is 6.34. The summed E-state index contributed by atoms with van der Waals surface area (Å²) in [6, 6.07) is 0. The van der Waals surface area contributed by atoms with Crippen molar-refractivity contribution < 1.29 is 4.79 Å². The molecule has 0 bridgehead atoms. The van der Waals surface area contributed by atoms with Gasteiger partial charge in [0.1, 0.15) is 5.69 Å². The number of likely N-dealkylation sites (tertiary alicyclic amines) is 1. The highest BCUT2D eigenvalue weighted by atomic mass is 16.2. The summed E-state index contributed by atoms with van der Waals surface area (Å²) >= 11 is 0. The van der Waals surface area contributed by atoms with E-state index < -0.39 is 0 Å². The summed E-state index contributed by atoms with van der Waals surface area (Å²) in [5.74, 6) is 1.28. The number of hydrogen-bond donors (Lipinski definition) is 1. The van der Waals surface area contributed by atoms with Crippen LogP contribution in [0, 0.1) is 12.8 Å². The van der Waals surface area contributed by atoms with E-state index in [4.69, 9.17) is 0 Å². The molecular formula is C20H28N6O. The first-order valence-corrected chi connectivity index (χ1v) is 9.44. The van der Waals surface area contributed by atoms with Crippen molar-refractivity contribution in [2.75, 3.05) is 33.7 Å². The molecule has 27 heavy (non-hydrogen) atoms. The molecule has 1 saturated heterocycles. The first-order valence-electron chi connectivity index (χ1n) is 9.44. The maximum atomic E-state index is 12.4. The number of imidazole rings is 1. The third-order valence-electron chi connectivity index (χ3n) is 4.71. The van der Waals surface area contributed by atoms with Crippen molar-refractivity contribution in [2.45, 2.75) is 26.2 Å². The number of carbonyl (C=O) groups excluding carboxylic acids is 1. The number of likely N-dealkylation sites (N-methyl/N-ethyl adjacent to an activating group) is 1. The van der Waals surface area contributed by atoms with E-state index in [1.165, 1.54) is 0 Å². The third kappa shape index (κ3) is 5.47. The molecule has 3 heterocycles. The predicted molar refractivity (Wildman–Crippen MR) is 105 cm³/mol. The predicted octanol–water partition coefficient (Wildman–Crippen LogP) is 2.07. The highest BCUT2D eigenvalue weighted by molar-refractivity contribution is 5.87. The van der Waals surface area contributed by atoms with Gasteiger partial charge in [-0.15, -0.1) is 0 Å². The zero-order valence-electron chi connectivity index (χ0n) is 16.4. The van der Waals surface area contributed by atoms with E-state index in [-0.39, 0.29) is 5.91 Å². The van der Waals surface area contributed by atoms with Crippen molar-refractivity contribution in [1.82, 2.24) is 29.7 Å². The van der Waals surface area contributed by atoms with Gasteiger partial charge in [-0.25, -0.2) is 9.97 Å². The molecular weight excluding hydrogens is 340 g/mol. The normalized spacial score (nSPS) is 17.8. The lowest BCUT2D eigenvalue weighted by molar-refractivity contribution is -0.127. The van der Waals surface area contributed by atoms with Crippen molar-refractivity contribution in [2.24, 2.45) is 5.92 Å². The average molecular weight is 368 g/mol. The van der Waals surface area contributed by atoms with E-state index in [1.54, 1.807) is 18.5 Å². The SMILES string of the molecule is Cc1cnc(-c2cnc(CC3CCCN(C(=O)/C=C/CN(C)C)C3)cn2)[nH]1. The molecule has 1 fully saturated rings. The second-order valence-corrected chi connectivity index (χ2v) is 7.47. The van der Waals surface area contributed by atoms with E-state index in [0.29, 0.717) is 5.92 Å². The molecule has 7 heteroatoms. The lowest BCUT2D eigenvalue weighted by atomic mass is 9.93. The molecule has 7 nitrogen and oxygen atoms in total. The molecule has 0 aromatic carbocycles. The second-order valence-electron chi connectivity index (χ2n) is 7.47. The van der Waals surface area contributed by atoms with Crippen LogP contribution in [0.1, 0.15) is 24.2 Å². The van der Waals surface area contributed by atoms with Crippen LogP contribution in [0.2, 0.25) is 0 Å². The molecule has 144 valence electrons. The number of piperidine rings is 1. The quantitative estimate of drug-likeness (QED) is 0.790. The number of hydrogen-bond acceptors (Lipinski definition) is 5. The van der Waals surface area contributed by atoms with Gasteiger partial charge in [-0.2, -0.15) is 0 Å². The van der Waals surface area contributed by atoms with Crippen LogP contribution in [-0.4, -0.2) is 69.4 Å².